The molecule has 4 aromatic rings. The Morgan fingerprint density at radius 2 is 0.763 bits per heavy atom. The predicted molar refractivity (Wildman–Crippen MR) is 158 cm³/mol. The van der Waals surface area contributed by atoms with E-state index < -0.39 is 34.8 Å². The molecule has 2 atom stereocenters. The molecule has 8 heteroatoms. The quantitative estimate of drug-likeness (QED) is 0.171. The van der Waals surface area contributed by atoms with Gasteiger partial charge < -0.3 is 0 Å². The Labute approximate surface area is 234 Å². The molecule has 4 aromatic carbocycles. The monoisotopic (exact) mass is 582 g/mol. The molecule has 4 nitrogen and oxygen atoms in total. The summed E-state index contributed by atoms with van der Waals surface area (Å²) in [5, 5.41) is 0. The van der Waals surface area contributed by atoms with E-state index in [0.717, 1.165) is 9.79 Å². The molecule has 0 aliphatic rings. The van der Waals surface area contributed by atoms with Crippen LogP contribution in [0.25, 0.3) is 0 Å². The summed E-state index contributed by atoms with van der Waals surface area (Å²) in [7, 11) is -7.88. The third-order valence-corrected chi connectivity index (χ3v) is 14.1. The fraction of sp³-hybridized carbons (Fsp3) is 0.200. The summed E-state index contributed by atoms with van der Waals surface area (Å²) >= 11 is 2.42. The number of benzene rings is 4. The third kappa shape index (κ3) is 6.54. The molecule has 4 rings (SSSR count). The molecule has 38 heavy (non-hydrogen) atoms. The zero-order chi connectivity index (χ0) is 27.2. The maximum Gasteiger partial charge on any atom is 0.191 e. The molecule has 0 aliphatic carbocycles. The Morgan fingerprint density at radius 1 is 0.474 bits per heavy atom. The van der Waals surface area contributed by atoms with Gasteiger partial charge in [0.15, 0.2) is 19.7 Å². The summed E-state index contributed by atoms with van der Waals surface area (Å²) in [6.07, 6.45) is 0. The van der Waals surface area contributed by atoms with Crippen molar-refractivity contribution >= 4 is 43.2 Å². The Bertz CT molecular complexity index is 1390. The molecule has 0 aliphatic heterocycles. The van der Waals surface area contributed by atoms with Gasteiger partial charge >= 0.3 is 0 Å². The Morgan fingerprint density at radius 3 is 1.05 bits per heavy atom. The van der Waals surface area contributed by atoms with Gasteiger partial charge in [0.2, 0.25) is 0 Å². The van der Waals surface area contributed by atoms with Crippen LogP contribution in [-0.2, 0) is 19.7 Å². The molecule has 0 aromatic heterocycles. The van der Waals surface area contributed by atoms with Crippen LogP contribution in [0.3, 0.4) is 0 Å². The zero-order valence-corrected chi connectivity index (χ0v) is 24.4. The van der Waals surface area contributed by atoms with Gasteiger partial charge in [-0.05, 0) is 54.4 Å². The lowest BCUT2D eigenvalue weighted by Gasteiger charge is -2.35. The van der Waals surface area contributed by atoms with E-state index in [1.165, 1.54) is 23.5 Å². The van der Waals surface area contributed by atoms with Crippen LogP contribution in [0.1, 0.15) is 13.8 Å². The van der Waals surface area contributed by atoms with E-state index in [1.54, 1.807) is 60.7 Å². The molecule has 2 unspecified atom stereocenters. The van der Waals surface area contributed by atoms with Gasteiger partial charge in [0.25, 0.3) is 0 Å². The van der Waals surface area contributed by atoms with Gasteiger partial charge in [-0.2, -0.15) is 0 Å². The minimum atomic E-state index is -3.94. The smallest absolute Gasteiger partial charge is 0.191 e. The van der Waals surface area contributed by atoms with Crippen LogP contribution in [0.2, 0.25) is 0 Å². The van der Waals surface area contributed by atoms with Crippen LogP contribution in [0.15, 0.2) is 141 Å². The van der Waals surface area contributed by atoms with Crippen molar-refractivity contribution < 1.29 is 16.8 Å². The summed E-state index contributed by atoms with van der Waals surface area (Å²) < 4.78 is 55.0. The van der Waals surface area contributed by atoms with Crippen molar-refractivity contribution in [3.05, 3.63) is 121 Å². The van der Waals surface area contributed by atoms with E-state index in [-0.39, 0.29) is 15.7 Å². The van der Waals surface area contributed by atoms with Crippen molar-refractivity contribution in [2.75, 3.05) is 0 Å². The molecule has 0 N–H and O–H groups in total. The number of hydrogen-bond acceptors (Lipinski definition) is 6. The topological polar surface area (TPSA) is 68.3 Å². The standard InChI is InChI=1S/C30H30O4S4/c1-23(2)28(29(35-24-15-7-3-8-16-24)37(31,32)26-19-11-5-12-20-26)30(36-25-17-9-4-10-18-25)38(33,34)27-21-13-6-14-22-27/h3-23,28-30H,1-2H3. The van der Waals surface area contributed by atoms with Crippen molar-refractivity contribution in [3.63, 3.8) is 0 Å². The first kappa shape index (κ1) is 28.5. The Balaban J connectivity index is 1.92. The molecule has 0 heterocycles. The maximum atomic E-state index is 14.3. The second kappa shape index (κ2) is 12.6. The van der Waals surface area contributed by atoms with Crippen molar-refractivity contribution in [1.82, 2.24) is 0 Å². The first-order valence-electron chi connectivity index (χ1n) is 12.2. The fourth-order valence-corrected chi connectivity index (χ4v) is 12.8. The predicted octanol–water partition coefficient (Wildman–Crippen LogP) is 7.44. The normalized spacial score (nSPS) is 14.6. The number of sulfone groups is 2. The molecule has 0 radical (unpaired) electrons. The van der Waals surface area contributed by atoms with Crippen LogP contribution in [0.4, 0.5) is 0 Å². The van der Waals surface area contributed by atoms with Gasteiger partial charge in [-0.25, -0.2) is 16.8 Å². The van der Waals surface area contributed by atoms with Gasteiger partial charge in [0, 0.05) is 15.7 Å². The SMILES string of the molecule is CC(C)C(C(Sc1ccccc1)S(=O)(=O)c1ccccc1)C(Sc1ccccc1)S(=O)(=O)c1ccccc1. The molecule has 0 bridgehead atoms. The Kier molecular flexibility index (Phi) is 9.41. The van der Waals surface area contributed by atoms with Crippen LogP contribution in [0.5, 0.6) is 0 Å². The summed E-state index contributed by atoms with van der Waals surface area (Å²) in [6, 6.07) is 35.3. The van der Waals surface area contributed by atoms with Gasteiger partial charge in [-0.1, -0.05) is 86.6 Å². The summed E-state index contributed by atoms with van der Waals surface area (Å²) in [5.41, 5.74) is 0. The van der Waals surface area contributed by atoms with Crippen LogP contribution >= 0.6 is 23.5 Å². The van der Waals surface area contributed by atoms with Crippen molar-refractivity contribution in [3.8, 4) is 0 Å². The minimum Gasteiger partial charge on any atom is -0.223 e. The molecule has 0 spiro atoms. The lowest BCUT2D eigenvalue weighted by molar-refractivity contribution is 0.421. The second-order valence-electron chi connectivity index (χ2n) is 9.14. The van der Waals surface area contributed by atoms with Crippen molar-refractivity contribution in [1.29, 1.82) is 0 Å². The summed E-state index contributed by atoms with van der Waals surface area (Å²) in [4.78, 5) is 1.89. The largest absolute Gasteiger partial charge is 0.223 e. The molecular formula is C30H30O4S4. The number of thioether (sulfide) groups is 2. The van der Waals surface area contributed by atoms with Gasteiger partial charge in [0.05, 0.1) is 9.79 Å². The molecule has 198 valence electrons. The highest BCUT2D eigenvalue weighted by molar-refractivity contribution is 8.15. The van der Waals surface area contributed by atoms with Crippen molar-refractivity contribution in [2.24, 2.45) is 11.8 Å². The summed E-state index contributed by atoms with van der Waals surface area (Å²) in [6.45, 7) is 3.81. The first-order valence-corrected chi connectivity index (χ1v) is 17.1. The van der Waals surface area contributed by atoms with E-state index in [1.807, 2.05) is 74.5 Å². The summed E-state index contributed by atoms with van der Waals surface area (Å²) in [5.74, 6) is -1.02. The number of rotatable bonds is 11. The number of hydrogen-bond donors (Lipinski definition) is 0. The highest BCUT2D eigenvalue weighted by atomic mass is 32.3. The highest BCUT2D eigenvalue weighted by Crippen LogP contribution is 2.47. The first-order chi connectivity index (χ1) is 18.2. The molecular weight excluding hydrogens is 553 g/mol. The molecule has 0 saturated carbocycles. The highest BCUT2D eigenvalue weighted by Gasteiger charge is 2.47. The lowest BCUT2D eigenvalue weighted by Crippen LogP contribution is -2.41. The van der Waals surface area contributed by atoms with Gasteiger partial charge in [0.1, 0.15) is 9.16 Å². The molecule has 0 fully saturated rings. The minimum absolute atomic E-state index is 0.180. The van der Waals surface area contributed by atoms with Crippen LogP contribution < -0.4 is 0 Å². The van der Waals surface area contributed by atoms with Crippen LogP contribution in [0, 0.1) is 11.8 Å². The third-order valence-electron chi connectivity index (χ3n) is 6.14. The van der Waals surface area contributed by atoms with Gasteiger partial charge in [-0.15, -0.1) is 23.5 Å². The second-order valence-corrected chi connectivity index (χ2v) is 16.3. The van der Waals surface area contributed by atoms with E-state index in [9.17, 15) is 16.8 Å². The maximum absolute atomic E-state index is 14.3. The molecule has 0 saturated heterocycles. The Hall–Kier alpha value is -2.52. The zero-order valence-electron chi connectivity index (χ0n) is 21.1. The van der Waals surface area contributed by atoms with E-state index in [4.69, 9.17) is 0 Å². The van der Waals surface area contributed by atoms with E-state index in [2.05, 4.69) is 0 Å². The average molecular weight is 583 g/mol. The van der Waals surface area contributed by atoms with Crippen molar-refractivity contribution in [2.45, 2.75) is 42.6 Å². The molecule has 0 amide bonds. The lowest BCUT2D eigenvalue weighted by atomic mass is 10.00. The van der Waals surface area contributed by atoms with E-state index in [0.29, 0.717) is 0 Å². The van der Waals surface area contributed by atoms with E-state index >= 15 is 0 Å². The van der Waals surface area contributed by atoms with Crippen LogP contribution in [-0.4, -0.2) is 26.0 Å². The fourth-order valence-electron chi connectivity index (χ4n) is 4.21. The average Bonchev–Trinajstić information content (AvgIpc) is 2.94. The van der Waals surface area contributed by atoms with Gasteiger partial charge in [-0.3, -0.25) is 0 Å².